The molecule has 0 saturated heterocycles. The van der Waals surface area contributed by atoms with Crippen LogP contribution in [0.25, 0.3) is 0 Å². The van der Waals surface area contributed by atoms with Crippen molar-refractivity contribution in [1.82, 2.24) is 10.6 Å². The molecule has 0 unspecified atom stereocenters. The zero-order chi connectivity index (χ0) is 26.5. The molecule has 0 radical (unpaired) electrons. The Morgan fingerprint density at radius 2 is 1.69 bits per heavy atom. The molecule has 192 valence electrons. The molecule has 1 aliphatic rings. The van der Waals surface area contributed by atoms with Gasteiger partial charge in [0, 0.05) is 0 Å². The Hall–Kier alpha value is -4.08. The fraction of sp³-hybridized carbons (Fsp3) is 0.385. The van der Waals surface area contributed by atoms with Crippen LogP contribution in [-0.2, 0) is 23.9 Å². The first-order valence-electron chi connectivity index (χ1n) is 11.5. The highest BCUT2D eigenvalue weighted by atomic mass is 16.6. The highest BCUT2D eigenvalue weighted by Gasteiger charge is 2.41. The van der Waals surface area contributed by atoms with E-state index in [0.717, 1.165) is 0 Å². The summed E-state index contributed by atoms with van der Waals surface area (Å²) in [6.07, 6.45) is -1.69. The first-order valence-corrected chi connectivity index (χ1v) is 11.5. The van der Waals surface area contributed by atoms with Gasteiger partial charge >= 0.3 is 12.1 Å². The number of hydrogen-bond donors (Lipinski definition) is 2. The number of rotatable bonds is 6. The molecule has 0 aromatic heterocycles. The molecule has 1 heterocycles. The van der Waals surface area contributed by atoms with Crippen LogP contribution in [0.2, 0.25) is 0 Å². The number of methoxy groups -OCH3 is 1. The minimum Gasteiger partial charge on any atom is -0.481 e. The van der Waals surface area contributed by atoms with E-state index in [1.807, 2.05) is 6.07 Å². The van der Waals surface area contributed by atoms with Gasteiger partial charge in [-0.25, -0.2) is 4.79 Å². The molecule has 0 aliphatic carbocycles. The van der Waals surface area contributed by atoms with Gasteiger partial charge in [0.15, 0.2) is 6.10 Å². The van der Waals surface area contributed by atoms with E-state index >= 15 is 0 Å². The Balaban J connectivity index is 1.95. The smallest absolute Gasteiger partial charge is 0.408 e. The number of hydrogen-bond acceptors (Lipinski definition) is 7. The number of ether oxygens (including phenoxy) is 3. The Labute approximate surface area is 209 Å². The third kappa shape index (κ3) is 6.53. The SMILES string of the molecule is COC(=O)CN1C(=O)[C@@H](NC(=O)[C@H](C)NC(=O)OC(C)(C)C)[C@@H](c2ccccc2)Oc2ccccc21. The molecular weight excluding hydrogens is 466 g/mol. The fourth-order valence-corrected chi connectivity index (χ4v) is 3.63. The standard InChI is InChI=1S/C26H31N3O7/c1-16(27-25(33)36-26(2,3)4)23(31)28-21-22(17-11-7-6-8-12-17)35-19-14-10-9-13-18(19)29(24(21)32)15-20(30)34-5/h6-14,16,21-22H,15H2,1-5H3,(H,27,33)(H,28,31)/t16-,21-,22+/m0/s1. The van der Waals surface area contributed by atoms with Gasteiger partial charge in [0.25, 0.3) is 5.91 Å². The number of amides is 3. The number of esters is 1. The van der Waals surface area contributed by atoms with Crippen LogP contribution in [0.5, 0.6) is 5.75 Å². The first kappa shape index (κ1) is 26.5. The topological polar surface area (TPSA) is 123 Å². The van der Waals surface area contributed by atoms with Crippen LogP contribution in [0, 0.1) is 0 Å². The summed E-state index contributed by atoms with van der Waals surface area (Å²) in [7, 11) is 1.23. The average Bonchev–Trinajstić information content (AvgIpc) is 2.93. The van der Waals surface area contributed by atoms with Crippen molar-refractivity contribution < 1.29 is 33.4 Å². The Bertz CT molecular complexity index is 1110. The number of alkyl carbamates (subject to hydrolysis) is 1. The van der Waals surface area contributed by atoms with E-state index < -0.39 is 47.7 Å². The molecule has 2 aromatic rings. The minimum absolute atomic E-state index is 0.361. The maximum absolute atomic E-state index is 13.8. The van der Waals surface area contributed by atoms with Crippen molar-refractivity contribution in [3.63, 3.8) is 0 Å². The molecule has 1 aliphatic heterocycles. The Morgan fingerprint density at radius 1 is 1.06 bits per heavy atom. The largest absolute Gasteiger partial charge is 0.481 e. The van der Waals surface area contributed by atoms with Gasteiger partial charge in [0.2, 0.25) is 5.91 Å². The molecule has 36 heavy (non-hydrogen) atoms. The van der Waals surface area contributed by atoms with Crippen LogP contribution < -0.4 is 20.3 Å². The summed E-state index contributed by atoms with van der Waals surface area (Å²) in [5, 5.41) is 5.17. The number of para-hydroxylation sites is 2. The molecular formula is C26H31N3O7. The summed E-state index contributed by atoms with van der Waals surface area (Å²) < 4.78 is 16.3. The molecule has 0 fully saturated rings. The summed E-state index contributed by atoms with van der Waals surface area (Å²) >= 11 is 0. The highest BCUT2D eigenvalue weighted by molar-refractivity contribution is 6.04. The Morgan fingerprint density at radius 3 is 2.33 bits per heavy atom. The van der Waals surface area contributed by atoms with Crippen molar-refractivity contribution in [3.8, 4) is 5.75 Å². The number of carbonyl (C=O) groups excluding carboxylic acids is 4. The molecule has 2 N–H and O–H groups in total. The lowest BCUT2D eigenvalue weighted by Crippen LogP contribution is -2.56. The molecule has 10 heteroatoms. The molecule has 3 atom stereocenters. The fourth-order valence-electron chi connectivity index (χ4n) is 3.63. The van der Waals surface area contributed by atoms with E-state index in [4.69, 9.17) is 14.2 Å². The lowest BCUT2D eigenvalue weighted by molar-refractivity contribution is -0.140. The first-order chi connectivity index (χ1) is 17.0. The van der Waals surface area contributed by atoms with E-state index in [9.17, 15) is 19.2 Å². The molecule has 0 bridgehead atoms. The molecule has 2 aromatic carbocycles. The van der Waals surface area contributed by atoms with Crippen LogP contribution in [0.4, 0.5) is 10.5 Å². The molecule has 10 nitrogen and oxygen atoms in total. The summed E-state index contributed by atoms with van der Waals surface area (Å²) in [5.74, 6) is -1.48. The van der Waals surface area contributed by atoms with Crippen LogP contribution in [0.3, 0.4) is 0 Å². The van der Waals surface area contributed by atoms with Crippen LogP contribution in [0.1, 0.15) is 39.4 Å². The number of nitrogens with zero attached hydrogens (tertiary/aromatic N) is 1. The zero-order valence-electron chi connectivity index (χ0n) is 20.9. The van der Waals surface area contributed by atoms with Crippen molar-refractivity contribution >= 4 is 29.6 Å². The molecule has 3 rings (SSSR count). The number of fused-ring (bicyclic) bond motifs is 1. The van der Waals surface area contributed by atoms with Crippen molar-refractivity contribution in [2.45, 2.75) is 51.5 Å². The quantitative estimate of drug-likeness (QED) is 0.588. The van der Waals surface area contributed by atoms with Crippen molar-refractivity contribution in [3.05, 3.63) is 60.2 Å². The van der Waals surface area contributed by atoms with Crippen molar-refractivity contribution in [2.75, 3.05) is 18.6 Å². The van der Waals surface area contributed by atoms with Crippen molar-refractivity contribution in [2.24, 2.45) is 0 Å². The maximum atomic E-state index is 13.8. The lowest BCUT2D eigenvalue weighted by atomic mass is 10.0. The van der Waals surface area contributed by atoms with E-state index in [1.165, 1.54) is 18.9 Å². The second kappa shape index (κ2) is 11.1. The minimum atomic E-state index is -1.22. The summed E-state index contributed by atoms with van der Waals surface area (Å²) in [6.45, 7) is 6.21. The van der Waals surface area contributed by atoms with Crippen LogP contribution in [0.15, 0.2) is 54.6 Å². The number of anilines is 1. The molecule has 0 saturated carbocycles. The predicted molar refractivity (Wildman–Crippen MR) is 131 cm³/mol. The van der Waals surface area contributed by atoms with Crippen LogP contribution >= 0.6 is 0 Å². The van der Waals surface area contributed by atoms with E-state index in [-0.39, 0.29) is 6.54 Å². The second-order valence-electron chi connectivity index (χ2n) is 9.27. The molecule has 3 amide bonds. The number of benzene rings is 2. The van der Waals surface area contributed by atoms with Gasteiger partial charge in [-0.15, -0.1) is 0 Å². The van der Waals surface area contributed by atoms with Gasteiger partial charge in [0.1, 0.15) is 30.0 Å². The van der Waals surface area contributed by atoms with Gasteiger partial charge in [-0.2, -0.15) is 0 Å². The number of carbonyl (C=O) groups is 4. The van der Waals surface area contributed by atoms with E-state index in [0.29, 0.717) is 17.0 Å². The summed E-state index contributed by atoms with van der Waals surface area (Å²) in [6, 6.07) is 13.5. The van der Waals surface area contributed by atoms with E-state index in [2.05, 4.69) is 10.6 Å². The van der Waals surface area contributed by atoms with Gasteiger partial charge in [-0.1, -0.05) is 42.5 Å². The van der Waals surface area contributed by atoms with Gasteiger partial charge < -0.3 is 24.8 Å². The van der Waals surface area contributed by atoms with E-state index in [1.54, 1.807) is 69.3 Å². The molecule has 0 spiro atoms. The highest BCUT2D eigenvalue weighted by Crippen LogP contribution is 2.37. The number of nitrogens with one attached hydrogen (secondary N) is 2. The third-order valence-corrected chi connectivity index (χ3v) is 5.31. The maximum Gasteiger partial charge on any atom is 0.408 e. The van der Waals surface area contributed by atoms with Crippen molar-refractivity contribution in [1.29, 1.82) is 0 Å². The predicted octanol–water partition coefficient (Wildman–Crippen LogP) is 2.72. The van der Waals surface area contributed by atoms with Gasteiger partial charge in [-0.3, -0.25) is 19.3 Å². The van der Waals surface area contributed by atoms with Crippen LogP contribution in [-0.4, -0.2) is 55.2 Å². The summed E-state index contributed by atoms with van der Waals surface area (Å²) in [5.41, 5.74) is 0.258. The normalized spacial score (nSPS) is 18.1. The zero-order valence-corrected chi connectivity index (χ0v) is 20.9. The second-order valence-corrected chi connectivity index (χ2v) is 9.27. The van der Waals surface area contributed by atoms with Gasteiger partial charge in [-0.05, 0) is 45.4 Å². The van der Waals surface area contributed by atoms with Gasteiger partial charge in [0.05, 0.1) is 12.8 Å². The lowest BCUT2D eigenvalue weighted by Gasteiger charge is -2.29. The average molecular weight is 498 g/mol. The third-order valence-electron chi connectivity index (χ3n) is 5.31. The summed E-state index contributed by atoms with van der Waals surface area (Å²) in [4.78, 5) is 52.5. The Kier molecular flexibility index (Phi) is 8.18. The monoisotopic (exact) mass is 497 g/mol.